The quantitative estimate of drug-likeness (QED) is 0.00573. The maximum Gasteiger partial charge on any atom is 0.308 e. The number of aliphatic hydroxyl groups excluding tert-OH is 1. The van der Waals surface area contributed by atoms with Gasteiger partial charge >= 0.3 is 23.9 Å². The fourth-order valence-electron chi connectivity index (χ4n) is 12.3. The number of thiol groups is 1. The molecule has 139 heavy (non-hydrogen) atoms. The molecule has 1 heterocycles. The number of aliphatic hydroxyl groups is 1. The van der Waals surface area contributed by atoms with E-state index >= 15 is 0 Å². The Balaban J connectivity index is 0.000000584. The first-order chi connectivity index (χ1) is 65.0. The van der Waals surface area contributed by atoms with E-state index in [1.165, 1.54) is 61.7 Å². The van der Waals surface area contributed by atoms with Crippen molar-refractivity contribution in [2.24, 2.45) is 0 Å². The number of nitrogens with one attached hydrogen (secondary N) is 8. The molecular weight excluding hydrogens is 1980 g/mol. The molecule has 8 aromatic rings. The van der Waals surface area contributed by atoms with Crippen molar-refractivity contribution in [1.82, 2.24) is 24.6 Å². The molecule has 44 heteroatoms. The maximum absolute atomic E-state index is 13.3. The van der Waals surface area contributed by atoms with Crippen molar-refractivity contribution >= 4 is 173 Å². The van der Waals surface area contributed by atoms with E-state index in [4.69, 9.17) is 104 Å². The van der Waals surface area contributed by atoms with E-state index in [1.807, 2.05) is 113 Å². The normalized spacial score (nSPS) is 12.7. The number of hydrogen-bond acceptors (Lipinski definition) is 31. The first-order valence-electron chi connectivity index (χ1n) is 42.9. The van der Waals surface area contributed by atoms with Gasteiger partial charge < -0.3 is 66.2 Å². The van der Waals surface area contributed by atoms with Gasteiger partial charge in [-0.25, -0.2) is 21.6 Å². The summed E-state index contributed by atoms with van der Waals surface area (Å²) in [5.41, 5.74) is 1.98. The summed E-state index contributed by atoms with van der Waals surface area (Å²) in [6, 6.07) is 52.6. The molecule has 0 radical (unpaired) electrons. The minimum Gasteiger partial charge on any atom is -0.469 e. The van der Waals surface area contributed by atoms with Crippen molar-refractivity contribution in [1.29, 1.82) is 26.3 Å². The highest BCUT2D eigenvalue weighted by Crippen LogP contribution is 2.32. The third kappa shape index (κ3) is 45.8. The molecule has 35 nitrogen and oxygen atoms in total. The van der Waals surface area contributed by atoms with Crippen molar-refractivity contribution < 1.29 is 74.7 Å². The average Bonchev–Trinajstić information content (AvgIpc) is 1.19. The molecule has 0 aliphatic carbocycles. The van der Waals surface area contributed by atoms with Crippen molar-refractivity contribution in [2.45, 2.75) is 184 Å². The number of nitro groups is 2. The number of anilines is 5. The van der Waals surface area contributed by atoms with E-state index in [0.717, 1.165) is 71.2 Å². The molecule has 750 valence electrons. The Morgan fingerprint density at radius 2 is 0.813 bits per heavy atom. The predicted molar refractivity (Wildman–Crippen MR) is 545 cm³/mol. The Kier molecular flexibility index (Phi) is 54.6. The largest absolute Gasteiger partial charge is 0.469 e. The number of carbonyl (C=O) groups excluding carboxylic acids is 5. The fourth-order valence-corrected chi connectivity index (χ4v) is 16.5. The van der Waals surface area contributed by atoms with Crippen LogP contribution in [-0.4, -0.2) is 191 Å². The number of likely N-dealkylation sites (tertiary alicyclic amines) is 1. The van der Waals surface area contributed by atoms with Crippen molar-refractivity contribution in [3.05, 3.63) is 243 Å². The number of nitro benzene ring substituents is 2. The number of likely N-dealkylation sites (N-methyl/N-ethyl adjacent to an activating group) is 4. The summed E-state index contributed by atoms with van der Waals surface area (Å²) >= 11 is 34.2. The minimum atomic E-state index is -4.27. The van der Waals surface area contributed by atoms with Gasteiger partial charge in [0.2, 0.25) is 26.0 Å². The van der Waals surface area contributed by atoms with Gasteiger partial charge in [-0.2, -0.15) is 30.6 Å². The number of esters is 4. The number of carbonyl (C=O) groups is 5. The first-order valence-corrected chi connectivity index (χ1v) is 48.1. The zero-order valence-electron chi connectivity index (χ0n) is 79.4. The van der Waals surface area contributed by atoms with E-state index in [0.29, 0.717) is 69.2 Å². The highest BCUT2D eigenvalue weighted by molar-refractivity contribution is 7.89. The lowest BCUT2D eigenvalue weighted by Gasteiger charge is -2.28. The van der Waals surface area contributed by atoms with Crippen LogP contribution >= 0.6 is 83.0 Å². The second kappa shape index (κ2) is 61.6. The first kappa shape index (κ1) is 123. The van der Waals surface area contributed by atoms with Gasteiger partial charge in [0.15, 0.2) is 9.79 Å². The van der Waals surface area contributed by atoms with Gasteiger partial charge in [-0.05, 0) is 198 Å². The lowest BCUT2D eigenvalue weighted by molar-refractivity contribution is -0.388. The Morgan fingerprint density at radius 3 is 1.12 bits per heavy atom. The van der Waals surface area contributed by atoms with Crippen LogP contribution in [0.2, 0.25) is 25.1 Å². The zero-order valence-corrected chi connectivity index (χ0v) is 86.5. The van der Waals surface area contributed by atoms with Gasteiger partial charge in [-0.15, -0.1) is 25.0 Å². The number of benzene rings is 8. The number of methoxy groups -OCH3 is 1. The standard InChI is InChI=1S/C23H27ClN4O6S.C21H23ClN4O6S.C17H24ClN3O2.C14H18ClN3O2.C13H14ClN3O.C6H6S.CH4O.ClH/c1-5-27(35(32,33)21-9-7-6-8-20(21)28(30)31)15-18(13-22(29)34-23(2,3)4)26-17-11-10-16(14-25)19(24)12-17;1-21(2,3)32-20(27)11-16(25-15-9-8-14(12-23)17(22)10-15)13-24-33(30,31)19-7-5-4-6-18(19)26(28)29;1-5-20-11-14(9-16(22)23-17(2,3)4)21-13-7-6-12(10-19)15(18)8-13;1-3-17-9-12(7-14(19)20-2)18-11-5-4-10(8-16)13(15)6-11;1-2-17-8-11(6-13(17)18)16-10-4-3-9(7-15)12(14)5-10;7-6-4-2-1-3-5-6;1-2;/h6-12,18,26H,5,13,15H2,1-4H3;4-10,16,24-25H,11,13H2,1-3H3;6-8,14,20-21H,5,9,11H2,1-4H3;4-6,12,17-18H,3,7,9H2,1-2H3;3-5,11,16H,2,6,8H2,1H3;1-5,7H;2H,1H3;1H/t18-;16-;14-;12-;11-;;;/m00000.../s1. The van der Waals surface area contributed by atoms with Crippen LogP contribution in [-0.2, 0) is 63.0 Å². The predicted octanol–water partition coefficient (Wildman–Crippen LogP) is 17.7. The number of amides is 1. The molecule has 5 atom stereocenters. The van der Waals surface area contributed by atoms with E-state index in [-0.39, 0.29) is 115 Å². The van der Waals surface area contributed by atoms with Crippen LogP contribution in [0.15, 0.2) is 185 Å². The summed E-state index contributed by atoms with van der Waals surface area (Å²) in [5, 5.41) is 98.1. The number of hydrogen-bond donors (Lipinski definition) is 10. The molecule has 1 aliphatic rings. The molecule has 1 amide bonds. The molecule has 9 N–H and O–H groups in total. The molecule has 1 saturated heterocycles. The highest BCUT2D eigenvalue weighted by Gasteiger charge is 2.35. The third-order valence-electron chi connectivity index (χ3n) is 18.4. The van der Waals surface area contributed by atoms with Crippen LogP contribution in [0.5, 0.6) is 0 Å². The van der Waals surface area contributed by atoms with Crippen LogP contribution in [0.25, 0.3) is 0 Å². The average molecular weight is 2090 g/mol. The van der Waals surface area contributed by atoms with Crippen LogP contribution in [0.3, 0.4) is 0 Å². The Labute approximate surface area is 849 Å². The number of nitriles is 5. The molecule has 9 rings (SSSR count). The number of rotatable bonds is 36. The van der Waals surface area contributed by atoms with E-state index in [9.17, 15) is 61.0 Å². The highest BCUT2D eigenvalue weighted by atomic mass is 35.5. The number of nitrogens with zero attached hydrogens (tertiary/aromatic N) is 9. The molecule has 1 fully saturated rings. The smallest absolute Gasteiger partial charge is 0.308 e. The Morgan fingerprint density at radius 1 is 0.496 bits per heavy atom. The zero-order chi connectivity index (χ0) is 104. The van der Waals surface area contributed by atoms with Crippen LogP contribution in [0.4, 0.5) is 39.8 Å². The molecule has 0 aromatic heterocycles. The van der Waals surface area contributed by atoms with Crippen LogP contribution < -0.4 is 41.9 Å². The van der Waals surface area contributed by atoms with E-state index in [1.54, 1.807) is 109 Å². The summed E-state index contributed by atoms with van der Waals surface area (Å²) in [4.78, 5) is 82.9. The van der Waals surface area contributed by atoms with Gasteiger partial charge in [0.05, 0.1) is 114 Å². The number of para-hydroxylation sites is 2. The lowest BCUT2D eigenvalue weighted by Crippen LogP contribution is -2.42. The van der Waals surface area contributed by atoms with Gasteiger partial charge in [0.1, 0.15) is 47.1 Å². The number of sulfonamides is 2. The van der Waals surface area contributed by atoms with Gasteiger partial charge in [0, 0.05) is 117 Å². The Bertz CT molecular complexity index is 5870. The van der Waals surface area contributed by atoms with Gasteiger partial charge in [-0.1, -0.05) is 121 Å². The molecule has 0 unspecified atom stereocenters. The van der Waals surface area contributed by atoms with Crippen molar-refractivity contribution in [2.75, 3.05) is 99.7 Å². The van der Waals surface area contributed by atoms with E-state index in [2.05, 4.69) is 59.3 Å². The van der Waals surface area contributed by atoms with Crippen LogP contribution in [0, 0.1) is 76.9 Å². The molecule has 0 bridgehead atoms. The monoisotopic (exact) mass is 2090 g/mol. The molecular formula is C95H117Cl6N17O18S3. The third-order valence-corrected chi connectivity index (χ3v) is 23.7. The second-order valence-electron chi connectivity index (χ2n) is 32.7. The summed E-state index contributed by atoms with van der Waals surface area (Å²) in [7, 11) is -6.17. The van der Waals surface area contributed by atoms with Crippen LogP contribution in [0.1, 0.15) is 150 Å². The topological polar surface area (TPSA) is 519 Å². The molecule has 0 spiro atoms. The molecule has 8 aromatic carbocycles. The van der Waals surface area contributed by atoms with Gasteiger partial charge in [-0.3, -0.25) is 44.2 Å². The molecule has 1 aliphatic heterocycles. The fraction of sp³-hybridized carbons (Fsp3) is 0.389. The minimum absolute atomic E-state index is 0. The molecule has 0 saturated carbocycles. The Hall–Kier alpha value is -11.9. The number of halogens is 6. The summed E-state index contributed by atoms with van der Waals surface area (Å²) < 4.78 is 76.3. The lowest BCUT2D eigenvalue weighted by atomic mass is 10.1. The SMILES string of the molecule is CC(C)(C)OC(=O)C[C@@H](CNS(=O)(=O)c1ccccc1[N+](=O)[O-])Nc1ccc(C#N)c(Cl)c1.CCN(C[C@H](CC(=O)OC(C)(C)C)Nc1ccc(C#N)c(Cl)c1)S(=O)(=O)c1ccccc1[N+](=O)[O-].CCN1C[C@@H](Nc2ccc(C#N)c(Cl)c2)CC1=O.CCNC[C@H](CC(=O)OC(C)(C)C)Nc1ccc(C#N)c(Cl)c1.CCNC[C@H](CC(=O)OC)Nc1ccc(C#N)c(Cl)c1.CO.Cl.Sc1ccccc1. The van der Waals surface area contributed by atoms with Gasteiger partial charge in [0.25, 0.3) is 11.4 Å². The number of ether oxygens (including phenoxy) is 4. The summed E-state index contributed by atoms with van der Waals surface area (Å²) in [6.45, 7) is 27.2. The van der Waals surface area contributed by atoms with Crippen molar-refractivity contribution in [3.8, 4) is 30.3 Å². The summed E-state index contributed by atoms with van der Waals surface area (Å²) in [5.74, 6) is -1.50. The summed E-state index contributed by atoms with van der Waals surface area (Å²) in [6.07, 6.45) is 0.584. The van der Waals surface area contributed by atoms with Crippen molar-refractivity contribution in [3.63, 3.8) is 0 Å². The second-order valence-corrected chi connectivity index (χ2v) is 38.9. The van der Waals surface area contributed by atoms with E-state index < -0.39 is 91.9 Å². The maximum atomic E-state index is 13.3.